The van der Waals surface area contributed by atoms with Crippen molar-refractivity contribution < 1.29 is 0 Å². The van der Waals surface area contributed by atoms with E-state index in [1.165, 1.54) is 36.6 Å². The second-order valence-corrected chi connectivity index (χ2v) is 4.04. The second-order valence-electron chi connectivity index (χ2n) is 4.04. The molecule has 0 saturated heterocycles. The Morgan fingerprint density at radius 3 is 1.71 bits per heavy atom. The zero-order valence-electron chi connectivity index (χ0n) is 9.03. The van der Waals surface area contributed by atoms with Crippen molar-refractivity contribution >= 4 is 0 Å². The smallest absolute Gasteiger partial charge is 0.227 e. The maximum atomic E-state index is 2.35. The van der Waals surface area contributed by atoms with Gasteiger partial charge in [-0.05, 0) is 0 Å². The summed E-state index contributed by atoms with van der Waals surface area (Å²) in [5.41, 5.74) is 0. The highest BCUT2D eigenvalue weighted by molar-refractivity contribution is 5.01. The zero-order valence-corrected chi connectivity index (χ0v) is 9.03. The van der Waals surface area contributed by atoms with Crippen molar-refractivity contribution in [1.82, 2.24) is 9.15 Å². The number of rotatable bonds is 0. The van der Waals surface area contributed by atoms with Gasteiger partial charge in [-0.15, -0.1) is 0 Å². The quantitative estimate of drug-likeness (QED) is 0.497. The molecule has 2 heteroatoms. The van der Waals surface area contributed by atoms with E-state index in [-0.39, 0.29) is 0 Å². The van der Waals surface area contributed by atoms with E-state index in [1.54, 1.807) is 0 Å². The average molecular weight is 190 g/mol. The molecule has 1 aromatic carbocycles. The molecule has 0 aliphatic carbocycles. The van der Waals surface area contributed by atoms with Crippen molar-refractivity contribution in [3.05, 3.63) is 35.0 Å². The van der Waals surface area contributed by atoms with Crippen LogP contribution in [0.1, 0.15) is 12.8 Å². The monoisotopic (exact) mass is 190 g/mol. The number of benzene rings is 1. The van der Waals surface area contributed by atoms with Crippen molar-refractivity contribution in [2.45, 2.75) is 12.8 Å². The van der Waals surface area contributed by atoms with Gasteiger partial charge < -0.3 is 0 Å². The minimum Gasteiger partial charge on any atom is -0.227 e. The number of fused-ring (bicyclic) bond motifs is 1. The summed E-state index contributed by atoms with van der Waals surface area (Å²) in [6, 6.07) is 8.64. The first-order valence-corrected chi connectivity index (χ1v) is 5.30. The molecule has 2 nitrogen and oxygen atoms in total. The largest absolute Gasteiger partial charge is 0.271 e. The highest BCUT2D eigenvalue weighted by Gasteiger charge is 2.11. The van der Waals surface area contributed by atoms with Gasteiger partial charge in [0.05, 0.1) is 0 Å². The molecule has 74 valence electrons. The fraction of sp³-hybridized carbons (Fsp3) is 0.500. The SMILES string of the molecule is C[N+]1=c2ccccc2=[N+](C)CCCC1. The summed E-state index contributed by atoms with van der Waals surface area (Å²) in [6.45, 7) is 2.34. The van der Waals surface area contributed by atoms with Gasteiger partial charge in [0.2, 0.25) is 0 Å². The summed E-state index contributed by atoms with van der Waals surface area (Å²) in [5, 5.41) is 2.71. The molecule has 0 amide bonds. The summed E-state index contributed by atoms with van der Waals surface area (Å²) in [4.78, 5) is 0. The molecule has 0 unspecified atom stereocenters. The second kappa shape index (κ2) is 3.91. The first-order valence-electron chi connectivity index (χ1n) is 5.30. The molecule has 0 fully saturated rings. The minimum absolute atomic E-state index is 1.17. The Kier molecular flexibility index (Phi) is 2.62. The van der Waals surface area contributed by atoms with E-state index in [2.05, 4.69) is 47.5 Å². The van der Waals surface area contributed by atoms with Crippen molar-refractivity contribution in [2.24, 2.45) is 0 Å². The summed E-state index contributed by atoms with van der Waals surface area (Å²) in [7, 11) is 4.36. The third-order valence-corrected chi connectivity index (χ3v) is 2.94. The van der Waals surface area contributed by atoms with Crippen LogP contribution in [0.2, 0.25) is 0 Å². The van der Waals surface area contributed by atoms with Gasteiger partial charge >= 0.3 is 0 Å². The van der Waals surface area contributed by atoms with Crippen LogP contribution in [0.25, 0.3) is 0 Å². The Hall–Kier alpha value is -1.18. The van der Waals surface area contributed by atoms with Gasteiger partial charge in [-0.2, -0.15) is 0 Å². The van der Waals surface area contributed by atoms with Gasteiger partial charge in [-0.1, -0.05) is 12.1 Å². The molecule has 0 bridgehead atoms. The Labute approximate surface area is 84.8 Å². The number of nitrogens with zero attached hydrogens (tertiary/aromatic N) is 2. The molecule has 0 radical (unpaired) electrons. The van der Waals surface area contributed by atoms with Crippen LogP contribution >= 0.6 is 0 Å². The van der Waals surface area contributed by atoms with Gasteiger partial charge in [0, 0.05) is 25.0 Å². The van der Waals surface area contributed by atoms with E-state index in [4.69, 9.17) is 0 Å². The molecule has 1 aliphatic heterocycles. The van der Waals surface area contributed by atoms with Crippen molar-refractivity contribution in [1.29, 1.82) is 0 Å². The molecule has 1 aliphatic rings. The third kappa shape index (κ3) is 1.69. The van der Waals surface area contributed by atoms with Gasteiger partial charge in [0.25, 0.3) is 10.7 Å². The van der Waals surface area contributed by atoms with Crippen LogP contribution in [-0.2, 0) is 0 Å². The van der Waals surface area contributed by atoms with E-state index < -0.39 is 0 Å². The lowest BCUT2D eigenvalue weighted by molar-refractivity contribution is 0.527. The molecule has 0 N–H and O–H groups in total. The Morgan fingerprint density at radius 2 is 1.29 bits per heavy atom. The lowest BCUT2D eigenvalue weighted by Crippen LogP contribution is -2.46. The van der Waals surface area contributed by atoms with Gasteiger partial charge in [0.15, 0.2) is 0 Å². The van der Waals surface area contributed by atoms with Gasteiger partial charge in [-0.3, -0.25) is 0 Å². The zero-order chi connectivity index (χ0) is 9.97. The normalized spacial score (nSPS) is 17.3. The van der Waals surface area contributed by atoms with Crippen molar-refractivity contribution in [3.63, 3.8) is 0 Å². The summed E-state index contributed by atoms with van der Waals surface area (Å²) in [5.74, 6) is 0. The number of para-hydroxylation sites is 2. The summed E-state index contributed by atoms with van der Waals surface area (Å²) in [6.07, 6.45) is 2.57. The van der Waals surface area contributed by atoms with E-state index >= 15 is 0 Å². The third-order valence-electron chi connectivity index (χ3n) is 2.94. The first-order chi connectivity index (χ1) is 6.79. The van der Waals surface area contributed by atoms with Crippen LogP contribution in [-0.4, -0.2) is 27.2 Å². The number of hydrogen-bond donors (Lipinski definition) is 0. The van der Waals surface area contributed by atoms with Crippen molar-refractivity contribution in [3.8, 4) is 0 Å². The molecule has 14 heavy (non-hydrogen) atoms. The lowest BCUT2D eigenvalue weighted by atomic mass is 10.2. The molecular weight excluding hydrogens is 172 g/mol. The van der Waals surface area contributed by atoms with Crippen molar-refractivity contribution in [2.75, 3.05) is 27.2 Å². The van der Waals surface area contributed by atoms with E-state index in [0.717, 1.165) is 0 Å². The molecular formula is C12H18N2+2. The fourth-order valence-corrected chi connectivity index (χ4v) is 2.05. The molecule has 0 spiro atoms. The van der Waals surface area contributed by atoms with Gasteiger partial charge in [-0.25, -0.2) is 9.15 Å². The minimum atomic E-state index is 1.17. The molecule has 0 saturated carbocycles. The van der Waals surface area contributed by atoms with Crippen LogP contribution in [0, 0.1) is 0 Å². The average Bonchev–Trinajstić information content (AvgIpc) is 2.22. The molecule has 0 aromatic heterocycles. The van der Waals surface area contributed by atoms with E-state index in [9.17, 15) is 0 Å². The fourth-order valence-electron chi connectivity index (χ4n) is 2.05. The molecule has 2 rings (SSSR count). The van der Waals surface area contributed by atoms with Crippen LogP contribution in [0.4, 0.5) is 0 Å². The first kappa shape index (κ1) is 9.38. The van der Waals surface area contributed by atoms with E-state index in [1.807, 2.05) is 0 Å². The standard InChI is InChI=1S/C12H18N2/c1-13-9-5-6-10-14(2)12-8-4-3-7-11(12)13/h3-4,7-8H,5-6,9-10H2,1-2H3/q+2. The number of hydrogen-bond acceptors (Lipinski definition) is 0. The van der Waals surface area contributed by atoms with Gasteiger partial charge in [0.1, 0.15) is 27.2 Å². The van der Waals surface area contributed by atoms with Crippen LogP contribution in [0.3, 0.4) is 0 Å². The Balaban J connectivity index is 2.81. The Bertz CT molecular complexity index is 403. The maximum absolute atomic E-state index is 2.35. The highest BCUT2D eigenvalue weighted by atomic mass is 15.0. The van der Waals surface area contributed by atoms with Crippen LogP contribution in [0.5, 0.6) is 0 Å². The predicted molar refractivity (Wildman–Crippen MR) is 59.0 cm³/mol. The summed E-state index contributed by atoms with van der Waals surface area (Å²) < 4.78 is 4.70. The molecule has 1 aromatic rings. The topological polar surface area (TPSA) is 6.02 Å². The van der Waals surface area contributed by atoms with Crippen LogP contribution in [0.15, 0.2) is 24.3 Å². The molecule has 1 heterocycles. The molecule has 0 atom stereocenters. The predicted octanol–water partition coefficient (Wildman–Crippen LogP) is -0.278. The lowest BCUT2D eigenvalue weighted by Gasteiger charge is -2.02. The summed E-state index contributed by atoms with van der Waals surface area (Å²) >= 11 is 0. The Morgan fingerprint density at radius 1 is 0.857 bits per heavy atom. The van der Waals surface area contributed by atoms with E-state index in [0.29, 0.717) is 0 Å². The maximum Gasteiger partial charge on any atom is 0.271 e. The van der Waals surface area contributed by atoms with Crippen LogP contribution < -0.4 is 19.9 Å². The highest BCUT2D eigenvalue weighted by Crippen LogP contribution is 1.88.